The van der Waals surface area contributed by atoms with Crippen LogP contribution in [-0.4, -0.2) is 13.4 Å². The fourth-order valence-corrected chi connectivity index (χ4v) is 3.01. The summed E-state index contributed by atoms with van der Waals surface area (Å²) in [6, 6.07) is 4.42. The highest BCUT2D eigenvalue weighted by atomic mass is 32.2. The third-order valence-corrected chi connectivity index (χ3v) is 4.26. The lowest BCUT2D eigenvalue weighted by molar-refractivity contribution is 0.589. The summed E-state index contributed by atoms with van der Waals surface area (Å²) in [5.74, 6) is -1.57. The average molecular weight is 313 g/mol. The topological polar surface area (TPSA) is 85.1 Å². The van der Waals surface area contributed by atoms with E-state index in [-0.39, 0.29) is 22.7 Å². The molecule has 0 spiro atoms. The van der Waals surface area contributed by atoms with Crippen molar-refractivity contribution in [2.45, 2.75) is 18.4 Å². The Morgan fingerprint density at radius 2 is 2.00 bits per heavy atom. The number of aryl methyl sites for hydroxylation is 1. The maximum atomic E-state index is 13.7. The van der Waals surface area contributed by atoms with Gasteiger partial charge in [-0.2, -0.15) is 0 Å². The van der Waals surface area contributed by atoms with Crippen molar-refractivity contribution in [1.82, 2.24) is 4.98 Å². The minimum Gasteiger partial charge on any atom is -0.325 e. The van der Waals surface area contributed by atoms with Crippen LogP contribution in [0.5, 0.6) is 0 Å². The molecule has 0 aliphatic carbocycles. The highest BCUT2D eigenvalue weighted by Gasteiger charge is 2.21. The second-order valence-electron chi connectivity index (χ2n) is 4.34. The van der Waals surface area contributed by atoms with E-state index in [2.05, 4.69) is 4.98 Å². The molecule has 1 heterocycles. The number of aromatic nitrogens is 1. The molecule has 0 radical (unpaired) electrons. The lowest BCUT2D eigenvalue weighted by atomic mass is 10.2. The Kier molecular flexibility index (Phi) is 4.19. The molecule has 2 rings (SSSR count). The van der Waals surface area contributed by atoms with Gasteiger partial charge >= 0.3 is 0 Å². The van der Waals surface area contributed by atoms with Crippen molar-refractivity contribution in [3.8, 4) is 0 Å². The van der Waals surface area contributed by atoms with E-state index in [9.17, 15) is 17.2 Å². The predicted octanol–water partition coefficient (Wildman–Crippen LogP) is 1.93. The summed E-state index contributed by atoms with van der Waals surface area (Å²) in [6.07, 6.45) is 1.40. The number of nitrogens with one attached hydrogen (secondary N) is 1. The van der Waals surface area contributed by atoms with Crippen LogP contribution in [0.25, 0.3) is 0 Å². The van der Waals surface area contributed by atoms with Crippen LogP contribution in [0.1, 0.15) is 11.3 Å². The molecular weight excluding hydrogens is 300 g/mol. The van der Waals surface area contributed by atoms with Crippen molar-refractivity contribution in [2.75, 3.05) is 4.72 Å². The molecule has 0 saturated carbocycles. The Bertz CT molecular complexity index is 779. The number of hydrogen-bond acceptors (Lipinski definition) is 4. The largest absolute Gasteiger partial charge is 0.325 e. The number of hydrogen-bond donors (Lipinski definition) is 2. The molecule has 0 aliphatic rings. The van der Waals surface area contributed by atoms with Gasteiger partial charge in [-0.15, -0.1) is 0 Å². The molecule has 0 atom stereocenters. The summed E-state index contributed by atoms with van der Waals surface area (Å²) in [4.78, 5) is 3.67. The van der Waals surface area contributed by atoms with Gasteiger partial charge in [0, 0.05) is 18.8 Å². The first kappa shape index (κ1) is 15.3. The van der Waals surface area contributed by atoms with Gasteiger partial charge in [-0.25, -0.2) is 17.2 Å². The van der Waals surface area contributed by atoms with E-state index in [1.165, 1.54) is 25.3 Å². The summed E-state index contributed by atoms with van der Waals surface area (Å²) in [5, 5.41) is 0. The van der Waals surface area contributed by atoms with Gasteiger partial charge in [-0.1, -0.05) is 0 Å². The molecule has 0 saturated heterocycles. The smallest absolute Gasteiger partial charge is 0.263 e. The zero-order valence-electron chi connectivity index (χ0n) is 11.1. The lowest BCUT2D eigenvalue weighted by Crippen LogP contribution is -2.18. The lowest BCUT2D eigenvalue weighted by Gasteiger charge is -2.12. The van der Waals surface area contributed by atoms with E-state index >= 15 is 0 Å². The molecule has 1 aromatic heterocycles. The average Bonchev–Trinajstić information content (AvgIpc) is 2.44. The normalized spacial score (nSPS) is 11.4. The maximum Gasteiger partial charge on any atom is 0.263 e. The molecule has 0 fully saturated rings. The van der Waals surface area contributed by atoms with E-state index in [1.54, 1.807) is 0 Å². The van der Waals surface area contributed by atoms with Crippen LogP contribution in [0.4, 0.5) is 14.5 Å². The minimum absolute atomic E-state index is 0.0828. The molecule has 0 bridgehead atoms. The Hall–Kier alpha value is -2.06. The Morgan fingerprint density at radius 3 is 2.67 bits per heavy atom. The van der Waals surface area contributed by atoms with Gasteiger partial charge in [0.05, 0.1) is 11.4 Å². The van der Waals surface area contributed by atoms with Crippen molar-refractivity contribution < 1.29 is 17.2 Å². The number of benzene rings is 1. The van der Waals surface area contributed by atoms with Crippen molar-refractivity contribution in [3.05, 3.63) is 53.4 Å². The number of nitrogens with two attached hydrogens (primary N) is 1. The van der Waals surface area contributed by atoms with Crippen LogP contribution in [0, 0.1) is 18.6 Å². The van der Waals surface area contributed by atoms with Crippen LogP contribution in [-0.2, 0) is 16.6 Å². The fraction of sp³-hybridized carbons (Fsp3) is 0.154. The molecule has 0 aliphatic heterocycles. The number of nitrogens with zero attached hydrogens (tertiary/aromatic N) is 1. The minimum atomic E-state index is -4.11. The second kappa shape index (κ2) is 5.74. The zero-order chi connectivity index (χ0) is 15.6. The van der Waals surface area contributed by atoms with Gasteiger partial charge < -0.3 is 5.73 Å². The Morgan fingerprint density at radius 1 is 1.29 bits per heavy atom. The third kappa shape index (κ3) is 3.17. The number of sulfonamides is 1. The molecule has 5 nitrogen and oxygen atoms in total. The fourth-order valence-electron chi connectivity index (χ4n) is 1.75. The first-order valence-corrected chi connectivity index (χ1v) is 7.46. The first-order valence-electron chi connectivity index (χ1n) is 5.97. The molecule has 112 valence electrons. The van der Waals surface area contributed by atoms with E-state index in [0.717, 1.165) is 12.1 Å². The standard InChI is InChI=1S/C13H13F2N3O2S/c1-8-5-10(15)11(6-9(8)14)18-21(19,20)13-3-2-4-17-12(13)7-16/h2-6,18H,7,16H2,1H3. The molecule has 0 amide bonds. The number of pyridine rings is 1. The summed E-state index contributed by atoms with van der Waals surface area (Å²) < 4.78 is 53.6. The second-order valence-corrected chi connectivity index (χ2v) is 5.99. The highest BCUT2D eigenvalue weighted by Crippen LogP contribution is 2.23. The summed E-state index contributed by atoms with van der Waals surface area (Å²) in [6.45, 7) is 1.28. The molecule has 0 unspecified atom stereocenters. The van der Waals surface area contributed by atoms with Crippen molar-refractivity contribution >= 4 is 15.7 Å². The highest BCUT2D eigenvalue weighted by molar-refractivity contribution is 7.92. The summed E-state index contributed by atoms with van der Waals surface area (Å²) in [7, 11) is -4.11. The molecular formula is C13H13F2N3O2S. The van der Waals surface area contributed by atoms with Gasteiger partial charge in [0.15, 0.2) is 0 Å². The van der Waals surface area contributed by atoms with Gasteiger partial charge in [0.1, 0.15) is 16.5 Å². The molecule has 1 aromatic carbocycles. The third-order valence-electron chi connectivity index (χ3n) is 2.82. The molecule has 8 heteroatoms. The van der Waals surface area contributed by atoms with Gasteiger partial charge in [0.25, 0.3) is 10.0 Å². The van der Waals surface area contributed by atoms with Crippen molar-refractivity contribution in [3.63, 3.8) is 0 Å². The SMILES string of the molecule is Cc1cc(F)c(NS(=O)(=O)c2cccnc2CN)cc1F. The van der Waals surface area contributed by atoms with Gasteiger partial charge in [-0.05, 0) is 30.7 Å². The monoisotopic (exact) mass is 313 g/mol. The molecule has 2 aromatic rings. The predicted molar refractivity (Wildman–Crippen MR) is 74.0 cm³/mol. The van der Waals surface area contributed by atoms with Gasteiger partial charge in [-0.3, -0.25) is 9.71 Å². The van der Waals surface area contributed by atoms with E-state index < -0.39 is 27.3 Å². The van der Waals surface area contributed by atoms with Crippen LogP contribution < -0.4 is 10.5 Å². The number of halogens is 2. The van der Waals surface area contributed by atoms with E-state index in [1.807, 2.05) is 4.72 Å². The quantitative estimate of drug-likeness (QED) is 0.903. The Balaban J connectivity index is 2.45. The van der Waals surface area contributed by atoms with Crippen LogP contribution in [0.2, 0.25) is 0 Å². The maximum absolute atomic E-state index is 13.7. The molecule has 21 heavy (non-hydrogen) atoms. The van der Waals surface area contributed by atoms with Crippen molar-refractivity contribution in [2.24, 2.45) is 5.73 Å². The van der Waals surface area contributed by atoms with E-state index in [0.29, 0.717) is 0 Å². The zero-order valence-corrected chi connectivity index (χ0v) is 11.9. The first-order chi connectivity index (χ1) is 9.85. The van der Waals surface area contributed by atoms with Crippen LogP contribution in [0.3, 0.4) is 0 Å². The number of anilines is 1. The summed E-state index contributed by atoms with van der Waals surface area (Å²) in [5.41, 5.74) is 5.18. The van der Waals surface area contributed by atoms with E-state index in [4.69, 9.17) is 5.73 Å². The number of rotatable bonds is 4. The van der Waals surface area contributed by atoms with Crippen LogP contribution in [0.15, 0.2) is 35.4 Å². The molecule has 3 N–H and O–H groups in total. The van der Waals surface area contributed by atoms with Crippen molar-refractivity contribution in [1.29, 1.82) is 0 Å². The Labute approximate surface area is 120 Å². The van der Waals surface area contributed by atoms with Crippen LogP contribution >= 0.6 is 0 Å². The van der Waals surface area contributed by atoms with Gasteiger partial charge in [0.2, 0.25) is 0 Å². The summed E-state index contributed by atoms with van der Waals surface area (Å²) >= 11 is 0.